The van der Waals surface area contributed by atoms with Crippen LogP contribution >= 0.6 is 69.1 Å². The van der Waals surface area contributed by atoms with Gasteiger partial charge in [0, 0.05) is 13.2 Å². The molecule has 0 atom stereocenters. The zero-order valence-corrected chi connectivity index (χ0v) is 11.9. The normalized spacial score (nSPS) is 10.9. The molecule has 0 spiro atoms. The van der Waals surface area contributed by atoms with Crippen molar-refractivity contribution >= 4 is 79.2 Å². The zero-order chi connectivity index (χ0) is 8.72. The summed E-state index contributed by atoms with van der Waals surface area (Å²) >= 11 is 10.9. The van der Waals surface area contributed by atoms with Crippen LogP contribution in [0.4, 0.5) is 0 Å². The molecule has 1 heterocycles. The molecule has 0 bridgehead atoms. The lowest BCUT2D eigenvalue weighted by atomic mass is 10.3. The maximum atomic E-state index is 4.38. The molecule has 0 radical (unpaired) electrons. The highest BCUT2D eigenvalue weighted by atomic mass is 127. The average Bonchev–Trinajstić information content (AvgIpc) is 2.39. The number of halogens is 2. The van der Waals surface area contributed by atoms with Crippen molar-refractivity contribution in [3.63, 3.8) is 0 Å². The number of benzene rings is 1. The zero-order valence-electron chi connectivity index (χ0n) is 5.84. The lowest BCUT2D eigenvalue weighted by molar-refractivity contribution is 1.48. The highest BCUT2D eigenvalue weighted by Gasteiger charge is 2.05. The maximum absolute atomic E-state index is 4.38. The fourth-order valence-electron chi connectivity index (χ4n) is 1.03. The number of rotatable bonds is 0. The van der Waals surface area contributed by atoms with Crippen LogP contribution in [0.2, 0.25) is 0 Å². The molecule has 1 aromatic heterocycles. The predicted octanol–water partition coefficient (Wildman–Crippen LogP) is 4.40. The van der Waals surface area contributed by atoms with Crippen molar-refractivity contribution in [1.82, 2.24) is 0 Å². The SMILES string of the molecule is Sc1ccc2cc(I)sc2c1I. The van der Waals surface area contributed by atoms with Crippen molar-refractivity contribution in [2.24, 2.45) is 0 Å². The molecular weight excluding hydrogens is 414 g/mol. The van der Waals surface area contributed by atoms with Crippen LogP contribution in [0, 0.1) is 6.45 Å². The molecule has 0 aliphatic carbocycles. The quantitative estimate of drug-likeness (QED) is 0.476. The van der Waals surface area contributed by atoms with Crippen LogP contribution in [0.5, 0.6) is 0 Å². The Kier molecular flexibility index (Phi) is 2.88. The van der Waals surface area contributed by atoms with E-state index in [1.807, 2.05) is 11.3 Å². The van der Waals surface area contributed by atoms with Crippen molar-refractivity contribution in [3.05, 3.63) is 24.7 Å². The van der Waals surface area contributed by atoms with Gasteiger partial charge in [-0.1, -0.05) is 6.07 Å². The van der Waals surface area contributed by atoms with Gasteiger partial charge >= 0.3 is 0 Å². The first-order valence-electron chi connectivity index (χ1n) is 3.25. The standard InChI is InChI=1S/C8H4I2S2/c9-6-3-4-1-2-5(11)7(10)8(4)12-6/h1-3,11H. The molecule has 62 valence electrons. The monoisotopic (exact) mass is 418 g/mol. The second-order valence-corrected chi connectivity index (χ2v) is 6.87. The first-order valence-corrected chi connectivity index (χ1v) is 6.67. The Morgan fingerprint density at radius 1 is 1.25 bits per heavy atom. The van der Waals surface area contributed by atoms with Crippen LogP contribution in [-0.2, 0) is 0 Å². The molecule has 0 aliphatic heterocycles. The van der Waals surface area contributed by atoms with Crippen molar-refractivity contribution < 1.29 is 0 Å². The highest BCUT2D eigenvalue weighted by Crippen LogP contribution is 2.33. The van der Waals surface area contributed by atoms with Gasteiger partial charge in [0.25, 0.3) is 0 Å². The summed E-state index contributed by atoms with van der Waals surface area (Å²) in [5.74, 6) is 0. The Morgan fingerprint density at radius 2 is 2.00 bits per heavy atom. The van der Waals surface area contributed by atoms with Crippen molar-refractivity contribution in [1.29, 1.82) is 0 Å². The lowest BCUT2D eigenvalue weighted by Crippen LogP contribution is -1.73. The van der Waals surface area contributed by atoms with Crippen molar-refractivity contribution in [2.45, 2.75) is 4.90 Å². The van der Waals surface area contributed by atoms with E-state index in [4.69, 9.17) is 0 Å². The molecule has 0 amide bonds. The molecule has 0 N–H and O–H groups in total. The van der Waals surface area contributed by atoms with Crippen LogP contribution in [0.3, 0.4) is 0 Å². The topological polar surface area (TPSA) is 0 Å². The smallest absolute Gasteiger partial charge is 0.0666 e. The second-order valence-electron chi connectivity index (χ2n) is 2.37. The summed E-state index contributed by atoms with van der Waals surface area (Å²) in [6.07, 6.45) is 0. The fraction of sp³-hybridized carbons (Fsp3) is 0. The lowest BCUT2D eigenvalue weighted by Gasteiger charge is -1.96. The Morgan fingerprint density at radius 3 is 2.75 bits per heavy atom. The number of hydrogen-bond acceptors (Lipinski definition) is 2. The molecule has 0 saturated carbocycles. The van der Waals surface area contributed by atoms with Crippen LogP contribution in [0.1, 0.15) is 0 Å². The maximum Gasteiger partial charge on any atom is 0.0666 e. The molecule has 0 aliphatic rings. The van der Waals surface area contributed by atoms with Gasteiger partial charge < -0.3 is 0 Å². The van der Waals surface area contributed by atoms with Gasteiger partial charge in [-0.3, -0.25) is 0 Å². The first-order chi connectivity index (χ1) is 5.68. The van der Waals surface area contributed by atoms with E-state index >= 15 is 0 Å². The predicted molar refractivity (Wildman–Crippen MR) is 74.5 cm³/mol. The van der Waals surface area contributed by atoms with Crippen LogP contribution in [0.15, 0.2) is 23.1 Å². The Balaban J connectivity index is 2.89. The number of fused-ring (bicyclic) bond motifs is 1. The van der Waals surface area contributed by atoms with E-state index in [1.54, 1.807) is 0 Å². The fourth-order valence-corrected chi connectivity index (χ4v) is 3.93. The van der Waals surface area contributed by atoms with Gasteiger partial charge in [0.1, 0.15) is 0 Å². The summed E-state index contributed by atoms with van der Waals surface area (Å²) < 4.78 is 3.95. The van der Waals surface area contributed by atoms with E-state index in [-0.39, 0.29) is 0 Å². The van der Waals surface area contributed by atoms with Crippen LogP contribution in [0.25, 0.3) is 10.1 Å². The third-order valence-electron chi connectivity index (χ3n) is 1.58. The van der Waals surface area contributed by atoms with E-state index < -0.39 is 0 Å². The van der Waals surface area contributed by atoms with Crippen molar-refractivity contribution in [2.75, 3.05) is 0 Å². The number of hydrogen-bond donors (Lipinski definition) is 1. The van der Waals surface area contributed by atoms with Gasteiger partial charge in [-0.15, -0.1) is 24.0 Å². The summed E-state index contributed by atoms with van der Waals surface area (Å²) in [5, 5.41) is 1.33. The van der Waals surface area contributed by atoms with Gasteiger partial charge in [0.15, 0.2) is 0 Å². The van der Waals surface area contributed by atoms with E-state index in [0.717, 1.165) is 4.90 Å². The minimum atomic E-state index is 1.07. The third-order valence-corrected chi connectivity index (χ3v) is 5.79. The molecule has 12 heavy (non-hydrogen) atoms. The van der Waals surface area contributed by atoms with E-state index in [1.165, 1.54) is 16.5 Å². The molecule has 0 nitrogen and oxygen atoms in total. The molecule has 0 saturated heterocycles. The van der Waals surface area contributed by atoms with Gasteiger partial charge in [-0.05, 0) is 62.7 Å². The molecule has 0 unspecified atom stereocenters. The van der Waals surface area contributed by atoms with Crippen LogP contribution < -0.4 is 0 Å². The molecule has 2 aromatic rings. The number of thiol groups is 1. The van der Waals surface area contributed by atoms with Crippen molar-refractivity contribution in [3.8, 4) is 0 Å². The van der Waals surface area contributed by atoms with Gasteiger partial charge in [-0.2, -0.15) is 0 Å². The Labute approximate surface area is 107 Å². The van der Waals surface area contributed by atoms with E-state index in [2.05, 4.69) is 76.0 Å². The minimum Gasteiger partial charge on any atom is -0.142 e. The van der Waals surface area contributed by atoms with Gasteiger partial charge in [0.05, 0.1) is 2.88 Å². The average molecular weight is 418 g/mol. The Hall–Kier alpha value is 0.990. The summed E-state index contributed by atoms with van der Waals surface area (Å²) in [6, 6.07) is 6.38. The minimum absolute atomic E-state index is 1.07. The molecule has 2 rings (SSSR count). The summed E-state index contributed by atoms with van der Waals surface area (Å²) in [5.41, 5.74) is 0. The van der Waals surface area contributed by atoms with Gasteiger partial charge in [-0.25, -0.2) is 0 Å². The third kappa shape index (κ3) is 1.62. The molecular formula is C8H4I2S2. The number of thiophene rings is 1. The molecule has 0 fully saturated rings. The Bertz CT molecular complexity index is 434. The van der Waals surface area contributed by atoms with Crippen LogP contribution in [-0.4, -0.2) is 0 Å². The summed E-state index contributed by atoms with van der Waals surface area (Å²) in [7, 11) is 0. The summed E-state index contributed by atoms with van der Waals surface area (Å²) in [4.78, 5) is 1.07. The summed E-state index contributed by atoms with van der Waals surface area (Å²) in [6.45, 7) is 0. The molecule has 4 heteroatoms. The van der Waals surface area contributed by atoms with E-state index in [9.17, 15) is 0 Å². The first kappa shape index (κ1) is 9.54. The largest absolute Gasteiger partial charge is 0.142 e. The van der Waals surface area contributed by atoms with Gasteiger partial charge in [0.2, 0.25) is 0 Å². The highest BCUT2D eigenvalue weighted by molar-refractivity contribution is 14.1. The molecule has 1 aromatic carbocycles. The second kappa shape index (κ2) is 3.62. The van der Waals surface area contributed by atoms with E-state index in [0.29, 0.717) is 0 Å².